The summed E-state index contributed by atoms with van der Waals surface area (Å²) in [5.74, 6) is -0.224. The van der Waals surface area contributed by atoms with E-state index in [1.165, 1.54) is 0 Å². The summed E-state index contributed by atoms with van der Waals surface area (Å²) < 4.78 is 5.66. The fourth-order valence-corrected chi connectivity index (χ4v) is 7.85. The zero-order chi connectivity index (χ0) is 20.5. The lowest BCUT2D eigenvalue weighted by Gasteiger charge is -2.57. The summed E-state index contributed by atoms with van der Waals surface area (Å²) in [6, 6.07) is 2.60. The van der Waals surface area contributed by atoms with Gasteiger partial charge in [0, 0.05) is 11.8 Å². The lowest BCUT2D eigenvalue weighted by Crippen LogP contribution is -2.62. The summed E-state index contributed by atoms with van der Waals surface area (Å²) in [5.41, 5.74) is -1.95. The fourth-order valence-electron chi connectivity index (χ4n) is 7.85. The maximum atomic E-state index is 13.1. The van der Waals surface area contributed by atoms with Gasteiger partial charge < -0.3 is 9.84 Å². The number of hydrogen-bond acceptors (Lipinski definition) is 4. The molecule has 28 heavy (non-hydrogen) atoms. The van der Waals surface area contributed by atoms with Crippen molar-refractivity contribution in [3.63, 3.8) is 0 Å². The van der Waals surface area contributed by atoms with Crippen LogP contribution in [0.25, 0.3) is 0 Å². The Morgan fingerprint density at radius 2 is 2.07 bits per heavy atom. The van der Waals surface area contributed by atoms with Crippen LogP contribution in [-0.4, -0.2) is 23.7 Å². The molecule has 3 saturated carbocycles. The van der Waals surface area contributed by atoms with E-state index in [4.69, 9.17) is 4.74 Å². The molecule has 4 aliphatic carbocycles. The zero-order valence-corrected chi connectivity index (χ0v) is 17.3. The number of fused-ring (bicyclic) bond motifs is 2. The third-order valence-corrected chi connectivity index (χ3v) is 8.82. The summed E-state index contributed by atoms with van der Waals surface area (Å²) in [5, 5.41) is 21.3. The predicted octanol–water partition coefficient (Wildman–Crippen LogP) is 4.19. The van der Waals surface area contributed by atoms with Gasteiger partial charge in [0.2, 0.25) is 0 Å². The van der Waals surface area contributed by atoms with Crippen molar-refractivity contribution in [2.45, 2.75) is 59.8 Å². The first-order valence-electron chi connectivity index (χ1n) is 10.7. The highest BCUT2D eigenvalue weighted by Crippen LogP contribution is 2.83. The van der Waals surface area contributed by atoms with Crippen molar-refractivity contribution in [2.24, 2.45) is 45.8 Å². The highest BCUT2D eigenvalue weighted by molar-refractivity contribution is 5.85. The molecule has 4 rings (SSSR count). The van der Waals surface area contributed by atoms with Crippen molar-refractivity contribution in [3.8, 4) is 6.07 Å². The molecule has 0 aromatic heterocycles. The molecule has 7 atom stereocenters. The summed E-state index contributed by atoms with van der Waals surface area (Å²) in [6.45, 7) is 8.15. The van der Waals surface area contributed by atoms with Crippen molar-refractivity contribution >= 4 is 11.9 Å². The maximum Gasteiger partial charge on any atom is 0.316 e. The van der Waals surface area contributed by atoms with Crippen molar-refractivity contribution < 1.29 is 19.4 Å². The largest absolute Gasteiger partial charge is 0.481 e. The molecule has 5 nitrogen and oxygen atoms in total. The number of carboxylic acids is 1. The van der Waals surface area contributed by atoms with Gasteiger partial charge in [0.25, 0.3) is 0 Å². The summed E-state index contributed by atoms with van der Waals surface area (Å²) >= 11 is 0. The minimum absolute atomic E-state index is 0.0110. The molecular formula is C23H31NO4. The summed E-state index contributed by atoms with van der Waals surface area (Å²) in [6.07, 6.45) is 5.71. The molecule has 5 heteroatoms. The quantitative estimate of drug-likeness (QED) is 0.566. The first-order valence-corrected chi connectivity index (χ1v) is 10.7. The number of esters is 1. The average molecular weight is 386 g/mol. The number of aliphatic carboxylic acids is 1. The van der Waals surface area contributed by atoms with Gasteiger partial charge in [-0.1, -0.05) is 45.8 Å². The molecule has 3 fully saturated rings. The molecule has 0 aromatic carbocycles. The van der Waals surface area contributed by atoms with Crippen LogP contribution in [0.1, 0.15) is 59.8 Å². The van der Waals surface area contributed by atoms with Crippen LogP contribution >= 0.6 is 0 Å². The molecule has 0 spiro atoms. The second-order valence-corrected chi connectivity index (χ2v) is 9.93. The van der Waals surface area contributed by atoms with Crippen LogP contribution in [0.2, 0.25) is 0 Å². The Morgan fingerprint density at radius 1 is 1.36 bits per heavy atom. The van der Waals surface area contributed by atoms with Crippen molar-refractivity contribution in [2.75, 3.05) is 6.61 Å². The van der Waals surface area contributed by atoms with Crippen LogP contribution in [0.4, 0.5) is 0 Å². The monoisotopic (exact) mass is 385 g/mol. The third kappa shape index (κ3) is 1.92. The van der Waals surface area contributed by atoms with E-state index in [2.05, 4.69) is 19.1 Å². The van der Waals surface area contributed by atoms with Gasteiger partial charge in [0.05, 0.1) is 18.1 Å². The topological polar surface area (TPSA) is 87.4 Å². The number of carbonyl (C=O) groups is 2. The second kappa shape index (κ2) is 6.08. The van der Waals surface area contributed by atoms with Crippen LogP contribution in [0.3, 0.4) is 0 Å². The molecule has 7 unspecified atom stereocenters. The third-order valence-electron chi connectivity index (χ3n) is 8.82. The van der Waals surface area contributed by atoms with Gasteiger partial charge in [0.1, 0.15) is 5.41 Å². The van der Waals surface area contributed by atoms with E-state index < -0.39 is 22.2 Å². The highest BCUT2D eigenvalue weighted by atomic mass is 16.5. The van der Waals surface area contributed by atoms with E-state index >= 15 is 0 Å². The molecule has 0 aliphatic heterocycles. The van der Waals surface area contributed by atoms with E-state index in [-0.39, 0.29) is 36.8 Å². The minimum Gasteiger partial charge on any atom is -0.481 e. The number of allylic oxidation sites excluding steroid dienone is 1. The van der Waals surface area contributed by atoms with E-state index in [1.54, 1.807) is 6.92 Å². The second-order valence-electron chi connectivity index (χ2n) is 9.93. The molecule has 0 saturated heterocycles. The number of carboxylic acid groups (broad SMARTS) is 1. The molecule has 4 aliphatic rings. The Balaban J connectivity index is 1.95. The van der Waals surface area contributed by atoms with Gasteiger partial charge >= 0.3 is 11.9 Å². The van der Waals surface area contributed by atoms with Gasteiger partial charge in [-0.05, 0) is 48.9 Å². The highest BCUT2D eigenvalue weighted by Gasteiger charge is 2.85. The predicted molar refractivity (Wildman–Crippen MR) is 103 cm³/mol. The number of rotatable bonds is 5. The van der Waals surface area contributed by atoms with Crippen LogP contribution in [0.5, 0.6) is 0 Å². The summed E-state index contributed by atoms with van der Waals surface area (Å²) in [7, 11) is 0. The molecule has 0 radical (unpaired) electrons. The van der Waals surface area contributed by atoms with Crippen molar-refractivity contribution in [3.05, 3.63) is 11.6 Å². The Kier molecular flexibility index (Phi) is 4.23. The number of nitriles is 1. The van der Waals surface area contributed by atoms with Gasteiger partial charge in [-0.3, -0.25) is 9.59 Å². The standard InChI is InChI=1S/C23H31NO4/c1-5-19(25)28-12-22-10-16-14(4)6-7-17(16)21(11-24)9-15(22)8-18(13(2)3)23(21,22)20(26)27/h8,13-17H,5-7,9-10,12H2,1-4H3,(H,26,27). The Bertz CT molecular complexity index is 795. The normalized spacial score (nSPS) is 45.5. The first kappa shape index (κ1) is 19.5. The van der Waals surface area contributed by atoms with Crippen molar-refractivity contribution in [1.29, 1.82) is 5.26 Å². The Labute approximate surface area is 167 Å². The average Bonchev–Trinajstić information content (AvgIpc) is 3.23. The van der Waals surface area contributed by atoms with Crippen LogP contribution in [-0.2, 0) is 14.3 Å². The molecular weight excluding hydrogens is 354 g/mol. The number of hydrogen-bond donors (Lipinski definition) is 1. The Morgan fingerprint density at radius 3 is 2.64 bits per heavy atom. The van der Waals surface area contributed by atoms with Crippen molar-refractivity contribution in [1.82, 2.24) is 0 Å². The van der Waals surface area contributed by atoms with Gasteiger partial charge in [-0.15, -0.1) is 0 Å². The zero-order valence-electron chi connectivity index (χ0n) is 17.3. The van der Waals surface area contributed by atoms with E-state index in [9.17, 15) is 20.0 Å². The Hall–Kier alpha value is -1.83. The van der Waals surface area contributed by atoms with Crippen LogP contribution in [0, 0.1) is 57.2 Å². The first-order chi connectivity index (χ1) is 13.2. The summed E-state index contributed by atoms with van der Waals surface area (Å²) in [4.78, 5) is 25.2. The molecule has 1 N–H and O–H groups in total. The minimum atomic E-state index is -1.24. The lowest BCUT2D eigenvalue weighted by molar-refractivity contribution is -0.182. The smallest absolute Gasteiger partial charge is 0.316 e. The molecule has 152 valence electrons. The van der Waals surface area contributed by atoms with Gasteiger partial charge in [0.15, 0.2) is 0 Å². The number of nitrogens with zero attached hydrogens (tertiary/aromatic N) is 1. The van der Waals surface area contributed by atoms with Gasteiger partial charge in [-0.2, -0.15) is 5.26 Å². The molecule has 0 aromatic rings. The molecule has 4 bridgehead atoms. The number of ether oxygens (including phenoxy) is 1. The van der Waals surface area contributed by atoms with Crippen LogP contribution in [0.15, 0.2) is 11.6 Å². The fraction of sp³-hybridized carbons (Fsp3) is 0.783. The molecule has 0 amide bonds. The number of carbonyl (C=O) groups excluding carboxylic acids is 1. The lowest BCUT2D eigenvalue weighted by atomic mass is 9.43. The van der Waals surface area contributed by atoms with E-state index in [0.29, 0.717) is 18.3 Å². The van der Waals surface area contributed by atoms with Crippen LogP contribution < -0.4 is 0 Å². The van der Waals surface area contributed by atoms with E-state index in [1.807, 2.05) is 13.8 Å². The SMILES string of the molecule is CCC(=O)OCC12CC3C(C)CCC3C3(C#N)CC1C=C(C(C)C)C32C(=O)O. The molecule has 0 heterocycles. The maximum absolute atomic E-state index is 13.1. The van der Waals surface area contributed by atoms with Gasteiger partial charge in [-0.25, -0.2) is 0 Å². The van der Waals surface area contributed by atoms with E-state index in [0.717, 1.165) is 24.8 Å².